The number of carbonyl (C=O) groups is 2. The van der Waals surface area contributed by atoms with Gasteiger partial charge < -0.3 is 19.5 Å². The number of esters is 1. The molecule has 214 valence electrons. The lowest BCUT2D eigenvalue weighted by Crippen LogP contribution is -2.69. The number of hydrogen-bond donors (Lipinski definition) is 2. The molecule has 7 heteroatoms. The highest BCUT2D eigenvalue weighted by Gasteiger charge is 2.42. The molecule has 4 aromatic rings. The second-order valence-corrected chi connectivity index (χ2v) is 10.9. The topological polar surface area (TPSA) is 85.9 Å². The number of benzene rings is 4. The molecule has 1 saturated heterocycles. The minimum Gasteiger partial charge on any atom is -0.460 e. The molecule has 0 saturated carbocycles. The fourth-order valence-corrected chi connectivity index (χ4v) is 5.72. The number of fused-ring (bicyclic) bond motifs is 3. The van der Waals surface area contributed by atoms with Crippen LogP contribution in [0.1, 0.15) is 28.2 Å². The Kier molecular flexibility index (Phi) is 8.30. The predicted octanol–water partition coefficient (Wildman–Crippen LogP) is 5.24. The maximum absolute atomic E-state index is 13.3. The Labute approximate surface area is 245 Å². The summed E-state index contributed by atoms with van der Waals surface area (Å²) in [5.74, 6) is -0.368. The fraction of sp³-hybridized carbons (Fsp3) is 0.257. The number of ether oxygens (including phenoxy) is 3. The van der Waals surface area contributed by atoms with E-state index in [1.807, 2.05) is 84.9 Å². The van der Waals surface area contributed by atoms with Crippen LogP contribution < -0.4 is 10.6 Å². The summed E-state index contributed by atoms with van der Waals surface area (Å²) in [7, 11) is 0. The van der Waals surface area contributed by atoms with Crippen LogP contribution in [0.25, 0.3) is 11.1 Å². The lowest BCUT2D eigenvalue weighted by Gasteiger charge is -2.44. The summed E-state index contributed by atoms with van der Waals surface area (Å²) in [5.41, 5.74) is 6.00. The summed E-state index contributed by atoms with van der Waals surface area (Å²) < 4.78 is 17.0. The molecule has 1 heterocycles. The van der Waals surface area contributed by atoms with E-state index in [1.165, 1.54) is 11.1 Å². The van der Waals surface area contributed by atoms with Gasteiger partial charge in [-0.25, -0.2) is 4.79 Å². The van der Waals surface area contributed by atoms with Crippen molar-refractivity contribution in [3.8, 4) is 11.1 Å². The molecule has 0 bridgehead atoms. The van der Waals surface area contributed by atoms with Crippen LogP contribution in [0.3, 0.4) is 0 Å². The summed E-state index contributed by atoms with van der Waals surface area (Å²) in [4.78, 5) is 26.2. The van der Waals surface area contributed by atoms with Gasteiger partial charge in [-0.1, -0.05) is 109 Å². The molecule has 2 N–H and O–H groups in total. The molecule has 1 fully saturated rings. The molecule has 0 aromatic heterocycles. The van der Waals surface area contributed by atoms with Gasteiger partial charge in [-0.05, 0) is 39.8 Å². The third-order valence-corrected chi connectivity index (χ3v) is 7.94. The van der Waals surface area contributed by atoms with Gasteiger partial charge in [0, 0.05) is 12.5 Å². The zero-order chi connectivity index (χ0) is 28.8. The van der Waals surface area contributed by atoms with E-state index in [4.69, 9.17) is 14.2 Å². The van der Waals surface area contributed by atoms with Crippen molar-refractivity contribution in [2.45, 2.75) is 30.5 Å². The quantitative estimate of drug-likeness (QED) is 0.243. The monoisotopic (exact) mass is 562 g/mol. The predicted molar refractivity (Wildman–Crippen MR) is 160 cm³/mol. The Morgan fingerprint density at radius 3 is 1.93 bits per heavy atom. The Morgan fingerprint density at radius 2 is 1.33 bits per heavy atom. The van der Waals surface area contributed by atoms with Crippen LogP contribution in [0, 0.1) is 0 Å². The highest BCUT2D eigenvalue weighted by molar-refractivity contribution is 5.79. The van der Waals surface area contributed by atoms with Crippen LogP contribution >= 0.6 is 0 Å². The lowest BCUT2D eigenvalue weighted by molar-refractivity contribution is -0.151. The smallest absolute Gasteiger partial charge is 0.407 e. The van der Waals surface area contributed by atoms with Crippen molar-refractivity contribution in [1.82, 2.24) is 10.6 Å². The summed E-state index contributed by atoms with van der Waals surface area (Å²) in [6.45, 7) is 1.39. The molecule has 0 spiro atoms. The summed E-state index contributed by atoms with van der Waals surface area (Å²) in [5, 5.41) is 6.37. The first-order valence-electron chi connectivity index (χ1n) is 14.3. The molecular weight excluding hydrogens is 528 g/mol. The van der Waals surface area contributed by atoms with Gasteiger partial charge in [-0.2, -0.15) is 0 Å². The summed E-state index contributed by atoms with van der Waals surface area (Å²) >= 11 is 0. The second-order valence-electron chi connectivity index (χ2n) is 10.9. The van der Waals surface area contributed by atoms with Crippen molar-refractivity contribution in [3.05, 3.63) is 131 Å². The van der Waals surface area contributed by atoms with Crippen LogP contribution in [0.5, 0.6) is 0 Å². The number of amides is 1. The summed E-state index contributed by atoms with van der Waals surface area (Å²) in [6, 6.07) is 35.3. The molecule has 0 unspecified atom stereocenters. The second kappa shape index (κ2) is 12.6. The first kappa shape index (κ1) is 27.7. The average Bonchev–Trinajstić information content (AvgIpc) is 3.34. The van der Waals surface area contributed by atoms with Crippen LogP contribution in [0.4, 0.5) is 4.79 Å². The van der Waals surface area contributed by atoms with Gasteiger partial charge in [-0.15, -0.1) is 0 Å². The number of alkyl carbamates (subject to hydrolysis) is 1. The van der Waals surface area contributed by atoms with E-state index in [-0.39, 0.29) is 31.6 Å². The van der Waals surface area contributed by atoms with Gasteiger partial charge in [-0.3, -0.25) is 10.1 Å². The van der Waals surface area contributed by atoms with Crippen LogP contribution in [-0.4, -0.2) is 50.0 Å². The molecule has 1 aliphatic heterocycles. The lowest BCUT2D eigenvalue weighted by atomic mass is 9.94. The van der Waals surface area contributed by atoms with E-state index in [1.54, 1.807) is 0 Å². The van der Waals surface area contributed by atoms with Crippen LogP contribution in [0.15, 0.2) is 109 Å². The van der Waals surface area contributed by atoms with Crippen LogP contribution in [0.2, 0.25) is 0 Å². The molecule has 4 aromatic carbocycles. The van der Waals surface area contributed by atoms with Gasteiger partial charge >= 0.3 is 12.1 Å². The number of hydrogen-bond acceptors (Lipinski definition) is 6. The largest absolute Gasteiger partial charge is 0.460 e. The minimum absolute atomic E-state index is 0.0168. The first-order valence-corrected chi connectivity index (χ1v) is 14.3. The molecule has 42 heavy (non-hydrogen) atoms. The normalized spacial score (nSPS) is 15.5. The summed E-state index contributed by atoms with van der Waals surface area (Å²) in [6.07, 6.45) is -0.0579. The van der Waals surface area contributed by atoms with Crippen molar-refractivity contribution < 1.29 is 23.8 Å². The van der Waals surface area contributed by atoms with Crippen molar-refractivity contribution in [2.24, 2.45) is 0 Å². The maximum atomic E-state index is 13.3. The van der Waals surface area contributed by atoms with E-state index >= 15 is 0 Å². The van der Waals surface area contributed by atoms with E-state index in [2.05, 4.69) is 34.9 Å². The van der Waals surface area contributed by atoms with E-state index in [9.17, 15) is 9.59 Å². The number of carbonyl (C=O) groups excluding carboxylic acids is 2. The standard InChI is InChI=1S/C35H34N2O5/c38-33(41-20-26-13-5-2-6-14-26)32(19-25-11-3-1-4-12-25)37-35(23-40-24-35)22-36-34(39)42-21-31-29-17-9-7-15-27(29)28-16-8-10-18-30(28)31/h1-18,31-32,37H,19-24H2,(H,36,39)/t32-/m0/s1. The Bertz CT molecular complexity index is 1480. The van der Waals surface area contributed by atoms with E-state index < -0.39 is 17.7 Å². The third kappa shape index (κ3) is 6.22. The van der Waals surface area contributed by atoms with Gasteiger partial charge in [0.25, 0.3) is 0 Å². The maximum Gasteiger partial charge on any atom is 0.407 e. The molecule has 0 radical (unpaired) electrons. The van der Waals surface area contributed by atoms with Crippen molar-refractivity contribution in [3.63, 3.8) is 0 Å². The zero-order valence-corrected chi connectivity index (χ0v) is 23.3. The van der Waals surface area contributed by atoms with Crippen LogP contribution in [-0.2, 0) is 32.0 Å². The highest BCUT2D eigenvalue weighted by atomic mass is 16.6. The number of nitrogens with one attached hydrogen (secondary N) is 2. The van der Waals surface area contributed by atoms with Gasteiger partial charge in [0.2, 0.25) is 0 Å². The average molecular weight is 563 g/mol. The first-order chi connectivity index (χ1) is 20.6. The Hall–Kier alpha value is -4.46. The Balaban J connectivity index is 1.08. The van der Waals surface area contributed by atoms with E-state index in [0.29, 0.717) is 19.6 Å². The zero-order valence-electron chi connectivity index (χ0n) is 23.3. The van der Waals surface area contributed by atoms with Gasteiger partial charge in [0.15, 0.2) is 0 Å². The fourth-order valence-electron chi connectivity index (χ4n) is 5.72. The van der Waals surface area contributed by atoms with Gasteiger partial charge in [0.05, 0.1) is 18.8 Å². The Morgan fingerprint density at radius 1 is 0.762 bits per heavy atom. The molecule has 1 aliphatic carbocycles. The minimum atomic E-state index is -0.621. The van der Waals surface area contributed by atoms with Gasteiger partial charge in [0.1, 0.15) is 19.3 Å². The number of rotatable bonds is 11. The molecular formula is C35H34N2O5. The van der Waals surface area contributed by atoms with Crippen molar-refractivity contribution in [1.29, 1.82) is 0 Å². The van der Waals surface area contributed by atoms with Crippen molar-refractivity contribution >= 4 is 12.1 Å². The van der Waals surface area contributed by atoms with E-state index in [0.717, 1.165) is 22.3 Å². The molecule has 7 nitrogen and oxygen atoms in total. The third-order valence-electron chi connectivity index (χ3n) is 7.94. The SMILES string of the molecule is O=C(NCC1(N[C@@H](Cc2ccccc2)C(=O)OCc2ccccc2)COC1)OCC1c2ccccc2-c2ccccc21. The molecule has 6 rings (SSSR count). The highest BCUT2D eigenvalue weighted by Crippen LogP contribution is 2.44. The molecule has 1 atom stereocenters. The molecule has 1 amide bonds. The molecule has 2 aliphatic rings. The van der Waals surface area contributed by atoms with Crippen molar-refractivity contribution in [2.75, 3.05) is 26.4 Å².